The van der Waals surface area contributed by atoms with Gasteiger partial charge >= 0.3 is 0 Å². The summed E-state index contributed by atoms with van der Waals surface area (Å²) in [5, 5.41) is 9.98. The van der Waals surface area contributed by atoms with Gasteiger partial charge in [-0.05, 0) is 30.4 Å². The number of halogens is 1. The average Bonchev–Trinajstić information content (AvgIpc) is 2.04. The molecule has 1 aromatic carbocycles. The first-order chi connectivity index (χ1) is 6.15. The van der Waals surface area contributed by atoms with Crippen molar-refractivity contribution in [1.82, 2.24) is 0 Å². The Hall–Kier alpha value is -0.180. The predicted octanol–water partition coefficient (Wildman–Crippen LogP) is 3.51. The molecular formula is C10H13ClOS. The maximum Gasteiger partial charge on any atom is 0.0776 e. The average molecular weight is 217 g/mol. The minimum atomic E-state index is -0.492. The van der Waals surface area contributed by atoms with E-state index in [1.54, 1.807) is 18.7 Å². The van der Waals surface area contributed by atoms with Gasteiger partial charge in [0.05, 0.1) is 6.10 Å². The molecule has 1 atom stereocenters. The largest absolute Gasteiger partial charge is 0.389 e. The molecule has 0 spiro atoms. The second kappa shape index (κ2) is 4.89. The molecule has 0 radical (unpaired) electrons. The molecule has 1 rings (SSSR count). The second-order valence-electron chi connectivity index (χ2n) is 2.79. The van der Waals surface area contributed by atoms with Crippen LogP contribution in [0.4, 0.5) is 0 Å². The van der Waals surface area contributed by atoms with Gasteiger partial charge in [0.15, 0.2) is 0 Å². The van der Waals surface area contributed by atoms with Gasteiger partial charge in [0.1, 0.15) is 0 Å². The van der Waals surface area contributed by atoms with Crippen molar-refractivity contribution in [3.63, 3.8) is 0 Å². The van der Waals surface area contributed by atoms with Crippen molar-refractivity contribution in [2.45, 2.75) is 24.8 Å². The second-order valence-corrected chi connectivity index (χ2v) is 4.54. The highest BCUT2D eigenvalue weighted by atomic mass is 35.5. The topological polar surface area (TPSA) is 20.2 Å². The molecule has 0 bridgehead atoms. The van der Waals surface area contributed by atoms with Crippen molar-refractivity contribution < 1.29 is 5.11 Å². The number of hydrogen-bond acceptors (Lipinski definition) is 2. The first kappa shape index (κ1) is 10.9. The molecular weight excluding hydrogens is 204 g/mol. The summed E-state index contributed by atoms with van der Waals surface area (Å²) in [5.41, 5.74) is 0.794. The Morgan fingerprint density at radius 3 is 2.69 bits per heavy atom. The maximum absolute atomic E-state index is 9.33. The lowest BCUT2D eigenvalue weighted by Crippen LogP contribution is -1.91. The van der Waals surface area contributed by atoms with E-state index in [9.17, 15) is 5.11 Å². The van der Waals surface area contributed by atoms with E-state index in [4.69, 9.17) is 11.6 Å². The molecule has 0 amide bonds. The summed E-state index contributed by atoms with van der Waals surface area (Å²) >= 11 is 7.73. The molecule has 0 fully saturated rings. The molecule has 1 N–H and O–H groups in total. The van der Waals surface area contributed by atoms with Crippen LogP contribution in [-0.2, 0) is 0 Å². The third-order valence-electron chi connectivity index (χ3n) is 1.73. The fourth-order valence-corrected chi connectivity index (χ4v) is 2.21. The molecule has 0 saturated carbocycles. The summed E-state index contributed by atoms with van der Waals surface area (Å²) in [5.74, 6) is 1.03. The van der Waals surface area contributed by atoms with Gasteiger partial charge in [-0.3, -0.25) is 0 Å². The number of aliphatic hydroxyl groups is 1. The number of hydrogen-bond donors (Lipinski definition) is 1. The number of rotatable bonds is 3. The van der Waals surface area contributed by atoms with Crippen LogP contribution in [0.1, 0.15) is 25.5 Å². The summed E-state index contributed by atoms with van der Waals surface area (Å²) in [7, 11) is 0. The fraction of sp³-hybridized carbons (Fsp3) is 0.400. The van der Waals surface area contributed by atoms with Gasteiger partial charge in [0, 0.05) is 9.92 Å². The van der Waals surface area contributed by atoms with Gasteiger partial charge in [-0.2, -0.15) is 0 Å². The van der Waals surface area contributed by atoms with Gasteiger partial charge in [-0.15, -0.1) is 11.8 Å². The predicted molar refractivity (Wildman–Crippen MR) is 58.5 cm³/mol. The summed E-state index contributed by atoms with van der Waals surface area (Å²) in [4.78, 5) is 1.15. The quantitative estimate of drug-likeness (QED) is 0.781. The Morgan fingerprint density at radius 2 is 2.23 bits per heavy atom. The van der Waals surface area contributed by atoms with Gasteiger partial charge in [0.25, 0.3) is 0 Å². The van der Waals surface area contributed by atoms with Crippen LogP contribution in [0.3, 0.4) is 0 Å². The van der Waals surface area contributed by atoms with Crippen LogP contribution in [-0.4, -0.2) is 10.9 Å². The highest BCUT2D eigenvalue weighted by molar-refractivity contribution is 7.99. The van der Waals surface area contributed by atoms with Gasteiger partial charge in [0.2, 0.25) is 0 Å². The first-order valence-corrected chi connectivity index (χ1v) is 5.61. The minimum absolute atomic E-state index is 0.492. The molecule has 72 valence electrons. The van der Waals surface area contributed by atoms with E-state index in [-0.39, 0.29) is 0 Å². The van der Waals surface area contributed by atoms with E-state index in [1.165, 1.54) is 0 Å². The molecule has 0 aliphatic carbocycles. The monoisotopic (exact) mass is 216 g/mol. The summed E-state index contributed by atoms with van der Waals surface area (Å²) in [6.45, 7) is 3.81. The standard InChI is InChI=1S/C10H13ClOS/c1-3-13-8-4-5-9(7(2)12)10(11)6-8/h4-7,12H,3H2,1-2H3. The Labute approximate surface area is 88.1 Å². The highest BCUT2D eigenvalue weighted by Crippen LogP contribution is 2.28. The minimum Gasteiger partial charge on any atom is -0.389 e. The van der Waals surface area contributed by atoms with E-state index in [1.807, 2.05) is 18.2 Å². The summed E-state index contributed by atoms with van der Waals surface area (Å²) in [6, 6.07) is 5.77. The van der Waals surface area contributed by atoms with E-state index in [0.717, 1.165) is 16.2 Å². The van der Waals surface area contributed by atoms with Crippen molar-refractivity contribution in [1.29, 1.82) is 0 Å². The Kier molecular flexibility index (Phi) is 4.10. The zero-order valence-electron chi connectivity index (χ0n) is 7.75. The zero-order chi connectivity index (χ0) is 9.84. The van der Waals surface area contributed by atoms with Crippen LogP contribution in [0, 0.1) is 0 Å². The smallest absolute Gasteiger partial charge is 0.0776 e. The number of thioether (sulfide) groups is 1. The zero-order valence-corrected chi connectivity index (χ0v) is 9.32. The van der Waals surface area contributed by atoms with E-state index < -0.39 is 6.10 Å². The first-order valence-electron chi connectivity index (χ1n) is 4.25. The third kappa shape index (κ3) is 2.90. The molecule has 1 nitrogen and oxygen atoms in total. The van der Waals surface area contributed by atoms with Gasteiger partial charge in [-0.25, -0.2) is 0 Å². The molecule has 0 saturated heterocycles. The van der Waals surface area contributed by atoms with Crippen molar-refractivity contribution in [2.75, 3.05) is 5.75 Å². The van der Waals surface area contributed by atoms with Gasteiger partial charge < -0.3 is 5.11 Å². The Bertz CT molecular complexity index is 286. The molecule has 13 heavy (non-hydrogen) atoms. The van der Waals surface area contributed by atoms with Crippen molar-refractivity contribution >= 4 is 23.4 Å². The summed E-state index contributed by atoms with van der Waals surface area (Å²) < 4.78 is 0. The van der Waals surface area contributed by atoms with E-state index >= 15 is 0 Å². The number of aliphatic hydroxyl groups excluding tert-OH is 1. The normalized spacial score (nSPS) is 12.9. The van der Waals surface area contributed by atoms with Crippen molar-refractivity contribution in [3.8, 4) is 0 Å². The highest BCUT2D eigenvalue weighted by Gasteiger charge is 2.06. The molecule has 0 aromatic heterocycles. The van der Waals surface area contributed by atoms with E-state index in [2.05, 4.69) is 6.92 Å². The van der Waals surface area contributed by atoms with Crippen LogP contribution < -0.4 is 0 Å². The maximum atomic E-state index is 9.33. The molecule has 1 unspecified atom stereocenters. The van der Waals surface area contributed by atoms with E-state index in [0.29, 0.717) is 5.02 Å². The van der Waals surface area contributed by atoms with Crippen LogP contribution >= 0.6 is 23.4 Å². The van der Waals surface area contributed by atoms with Crippen LogP contribution in [0.2, 0.25) is 5.02 Å². The van der Waals surface area contributed by atoms with Gasteiger partial charge in [-0.1, -0.05) is 24.6 Å². The molecule has 0 aliphatic rings. The number of benzene rings is 1. The third-order valence-corrected chi connectivity index (χ3v) is 2.94. The SMILES string of the molecule is CCSc1ccc(C(C)O)c(Cl)c1. The lowest BCUT2D eigenvalue weighted by Gasteiger charge is -2.08. The lowest BCUT2D eigenvalue weighted by atomic mass is 10.1. The van der Waals surface area contributed by atoms with Crippen LogP contribution in [0.25, 0.3) is 0 Å². The lowest BCUT2D eigenvalue weighted by molar-refractivity contribution is 0.199. The van der Waals surface area contributed by atoms with Crippen LogP contribution in [0.15, 0.2) is 23.1 Å². The van der Waals surface area contributed by atoms with Crippen LogP contribution in [0.5, 0.6) is 0 Å². The molecule has 3 heteroatoms. The molecule has 0 heterocycles. The Balaban J connectivity index is 2.92. The molecule has 1 aromatic rings. The fourth-order valence-electron chi connectivity index (χ4n) is 1.10. The van der Waals surface area contributed by atoms with Crippen molar-refractivity contribution in [2.24, 2.45) is 0 Å². The summed E-state index contributed by atoms with van der Waals surface area (Å²) in [6.07, 6.45) is -0.492. The van der Waals surface area contributed by atoms with Crippen molar-refractivity contribution in [3.05, 3.63) is 28.8 Å². The molecule has 0 aliphatic heterocycles. The Morgan fingerprint density at radius 1 is 1.54 bits per heavy atom.